The molecule has 0 bridgehead atoms. The lowest BCUT2D eigenvalue weighted by Gasteiger charge is -2.26. The summed E-state index contributed by atoms with van der Waals surface area (Å²) in [6.07, 6.45) is 6.47. The number of carbonyl (C=O) groups excluding carboxylic acids is 1. The minimum atomic E-state index is -0.218. The first-order valence-corrected chi connectivity index (χ1v) is 13.5. The van der Waals surface area contributed by atoms with Crippen LogP contribution in [-0.4, -0.2) is 55.8 Å². The number of nitrogens with zero attached hydrogens (tertiary/aromatic N) is 2. The fraction of sp³-hybridized carbons (Fsp3) is 0.467. The predicted octanol–water partition coefficient (Wildman–Crippen LogP) is 7.30. The lowest BCUT2D eigenvalue weighted by Crippen LogP contribution is -2.33. The number of amides is 2. The van der Waals surface area contributed by atoms with Gasteiger partial charge in [-0.25, -0.2) is 4.79 Å². The van der Waals surface area contributed by atoms with Crippen molar-refractivity contribution < 1.29 is 19.0 Å². The number of benzene rings is 2. The first-order chi connectivity index (χ1) is 18.3. The molecule has 1 aromatic heterocycles. The molecule has 1 fully saturated rings. The van der Waals surface area contributed by atoms with Crippen molar-refractivity contribution >= 4 is 47.4 Å². The summed E-state index contributed by atoms with van der Waals surface area (Å²) < 4.78 is 17.9. The highest BCUT2D eigenvalue weighted by Crippen LogP contribution is 2.37. The van der Waals surface area contributed by atoms with Crippen LogP contribution in [0.4, 0.5) is 10.5 Å². The van der Waals surface area contributed by atoms with Crippen molar-refractivity contribution in [3.05, 3.63) is 48.7 Å². The predicted molar refractivity (Wildman–Crippen MR) is 166 cm³/mol. The molecule has 0 aliphatic carbocycles. The summed E-state index contributed by atoms with van der Waals surface area (Å²) in [6, 6.07) is 12.7. The third-order valence-corrected chi connectivity index (χ3v) is 6.60. The largest absolute Gasteiger partial charge is 0.493 e. The van der Waals surface area contributed by atoms with Crippen LogP contribution >= 0.6 is 24.8 Å². The number of hydrogen-bond acceptors (Lipinski definition) is 6. The number of hydrogen-bond donors (Lipinski definition) is 2. The van der Waals surface area contributed by atoms with Gasteiger partial charge in [0.1, 0.15) is 18.1 Å². The minimum absolute atomic E-state index is 0. The average Bonchev–Trinajstić information content (AvgIpc) is 2.89. The zero-order valence-electron chi connectivity index (χ0n) is 23.8. The van der Waals surface area contributed by atoms with Gasteiger partial charge in [-0.3, -0.25) is 9.88 Å². The molecule has 10 heteroatoms. The van der Waals surface area contributed by atoms with Gasteiger partial charge in [-0.05, 0) is 74.2 Å². The first-order valence-electron chi connectivity index (χ1n) is 13.5. The molecule has 8 nitrogen and oxygen atoms in total. The molecule has 2 N–H and O–H groups in total. The van der Waals surface area contributed by atoms with E-state index in [2.05, 4.69) is 41.3 Å². The third-order valence-electron chi connectivity index (χ3n) is 6.60. The molecule has 0 atom stereocenters. The van der Waals surface area contributed by atoms with Crippen molar-refractivity contribution in [2.45, 2.75) is 46.5 Å². The maximum absolute atomic E-state index is 12.2. The van der Waals surface area contributed by atoms with Gasteiger partial charge in [-0.1, -0.05) is 27.2 Å². The molecular weight excluding hydrogens is 551 g/mol. The topological polar surface area (TPSA) is 85.0 Å². The number of carbonyl (C=O) groups is 1. The number of anilines is 1. The Hall–Kier alpha value is -2.94. The minimum Gasteiger partial charge on any atom is -0.493 e. The maximum Gasteiger partial charge on any atom is 0.319 e. The van der Waals surface area contributed by atoms with Gasteiger partial charge in [0.05, 0.1) is 12.6 Å². The number of nitrogens with one attached hydrogen (secondary N) is 2. The molecule has 4 rings (SSSR count). The second kappa shape index (κ2) is 15.7. The molecule has 3 aromatic rings. The number of rotatable bonds is 10. The molecule has 0 radical (unpaired) electrons. The molecule has 0 unspecified atom stereocenters. The summed E-state index contributed by atoms with van der Waals surface area (Å²) >= 11 is 0. The van der Waals surface area contributed by atoms with Crippen LogP contribution in [0.25, 0.3) is 10.9 Å². The van der Waals surface area contributed by atoms with Gasteiger partial charge in [0.15, 0.2) is 11.5 Å². The second-order valence-electron chi connectivity index (χ2n) is 10.9. The highest BCUT2D eigenvalue weighted by Gasteiger charge is 2.15. The lowest BCUT2D eigenvalue weighted by atomic mass is 9.92. The van der Waals surface area contributed by atoms with Crippen molar-refractivity contribution in [2.24, 2.45) is 5.41 Å². The lowest BCUT2D eigenvalue weighted by molar-refractivity contribution is 0.181. The number of piperidine rings is 1. The molecule has 0 spiro atoms. The summed E-state index contributed by atoms with van der Waals surface area (Å²) in [5.74, 6) is 2.63. The van der Waals surface area contributed by atoms with Crippen molar-refractivity contribution in [3.63, 3.8) is 0 Å². The van der Waals surface area contributed by atoms with E-state index in [1.54, 1.807) is 13.3 Å². The van der Waals surface area contributed by atoms with Gasteiger partial charge in [0.2, 0.25) is 0 Å². The second-order valence-corrected chi connectivity index (χ2v) is 10.9. The van der Waals surface area contributed by atoms with Crippen LogP contribution < -0.4 is 24.8 Å². The monoisotopic (exact) mass is 592 g/mol. The van der Waals surface area contributed by atoms with E-state index < -0.39 is 0 Å². The van der Waals surface area contributed by atoms with Gasteiger partial charge in [0.25, 0.3) is 0 Å². The number of aromatic nitrogens is 1. The van der Waals surface area contributed by atoms with Crippen LogP contribution in [0.3, 0.4) is 0 Å². The van der Waals surface area contributed by atoms with E-state index >= 15 is 0 Å². The Labute approximate surface area is 250 Å². The molecule has 40 heavy (non-hydrogen) atoms. The van der Waals surface area contributed by atoms with Crippen molar-refractivity contribution in [2.75, 3.05) is 45.2 Å². The van der Waals surface area contributed by atoms with Gasteiger partial charge >= 0.3 is 6.03 Å². The third kappa shape index (κ3) is 9.91. The SMILES string of the molecule is COc1cc2c(Oc3ccc(NC(=O)NCCC(C)(C)C)cc3)ccnc2cc1OCCN1CCCCC1.Cl.Cl. The summed E-state index contributed by atoms with van der Waals surface area (Å²) in [5.41, 5.74) is 1.63. The number of urea groups is 1. The van der Waals surface area contributed by atoms with Gasteiger partial charge in [0, 0.05) is 36.4 Å². The highest BCUT2D eigenvalue weighted by molar-refractivity contribution is 5.90. The van der Waals surface area contributed by atoms with E-state index in [1.807, 2.05) is 42.5 Å². The molecule has 1 aliphatic rings. The van der Waals surface area contributed by atoms with Crippen LogP contribution in [0, 0.1) is 5.41 Å². The number of pyridine rings is 1. The Balaban J connectivity index is 0.00000280. The van der Waals surface area contributed by atoms with Crippen LogP contribution in [0.1, 0.15) is 46.5 Å². The molecule has 0 saturated carbocycles. The van der Waals surface area contributed by atoms with Crippen LogP contribution in [-0.2, 0) is 0 Å². The van der Waals surface area contributed by atoms with E-state index in [0.29, 0.717) is 41.8 Å². The summed E-state index contributed by atoms with van der Waals surface area (Å²) in [6.45, 7) is 10.9. The number of likely N-dealkylation sites (tertiary alicyclic amines) is 1. The summed E-state index contributed by atoms with van der Waals surface area (Å²) in [7, 11) is 1.64. The molecule has 2 aromatic carbocycles. The van der Waals surface area contributed by atoms with Crippen molar-refractivity contribution in [1.82, 2.24) is 15.2 Å². The Kier molecular flexibility index (Phi) is 13.1. The van der Waals surface area contributed by atoms with Gasteiger partial charge < -0.3 is 24.8 Å². The standard InChI is InChI=1S/C30H40N4O4.2ClH/c1-30(2,3)13-15-32-29(35)33-22-8-10-23(11-9-22)38-26-12-14-31-25-21-28(27(36-4)20-24(25)26)37-19-18-34-16-6-5-7-17-34;;/h8-12,14,20-21H,5-7,13,15-19H2,1-4H3,(H2,32,33,35);2*1H. The molecule has 220 valence electrons. The maximum atomic E-state index is 12.2. The Morgan fingerprint density at radius 1 is 0.975 bits per heavy atom. The first kappa shape index (κ1) is 33.3. The summed E-state index contributed by atoms with van der Waals surface area (Å²) in [4.78, 5) is 19.1. The Morgan fingerprint density at radius 3 is 2.38 bits per heavy atom. The molecular formula is C30H42Cl2N4O4. The van der Waals surface area contributed by atoms with E-state index in [1.165, 1.54) is 19.3 Å². The Morgan fingerprint density at radius 2 is 1.70 bits per heavy atom. The fourth-order valence-electron chi connectivity index (χ4n) is 4.42. The zero-order chi connectivity index (χ0) is 27.0. The van der Waals surface area contributed by atoms with Crippen molar-refractivity contribution in [1.29, 1.82) is 0 Å². The van der Waals surface area contributed by atoms with Crippen molar-refractivity contribution in [3.8, 4) is 23.0 Å². The van der Waals surface area contributed by atoms with E-state index in [-0.39, 0.29) is 36.3 Å². The van der Waals surface area contributed by atoms with E-state index in [0.717, 1.165) is 37.0 Å². The van der Waals surface area contributed by atoms with Gasteiger partial charge in [-0.15, -0.1) is 24.8 Å². The Bertz CT molecular complexity index is 1210. The fourth-order valence-corrected chi connectivity index (χ4v) is 4.42. The van der Waals surface area contributed by atoms with E-state index in [9.17, 15) is 4.79 Å². The van der Waals surface area contributed by atoms with Crippen LogP contribution in [0.5, 0.6) is 23.0 Å². The highest BCUT2D eigenvalue weighted by atomic mass is 35.5. The number of halogens is 2. The molecule has 1 aliphatic heterocycles. The molecule has 1 saturated heterocycles. The van der Waals surface area contributed by atoms with E-state index in [4.69, 9.17) is 14.2 Å². The molecule has 2 heterocycles. The number of methoxy groups -OCH3 is 1. The van der Waals surface area contributed by atoms with Crippen LogP contribution in [0.15, 0.2) is 48.7 Å². The average molecular weight is 594 g/mol. The molecule has 2 amide bonds. The quantitative estimate of drug-likeness (QED) is 0.257. The number of ether oxygens (including phenoxy) is 3. The van der Waals surface area contributed by atoms with Gasteiger partial charge in [-0.2, -0.15) is 0 Å². The summed E-state index contributed by atoms with van der Waals surface area (Å²) in [5, 5.41) is 6.58. The smallest absolute Gasteiger partial charge is 0.319 e. The normalized spacial score (nSPS) is 13.5. The van der Waals surface area contributed by atoms with Crippen LogP contribution in [0.2, 0.25) is 0 Å². The zero-order valence-corrected chi connectivity index (χ0v) is 25.5. The number of fused-ring (bicyclic) bond motifs is 1.